The molecule has 0 radical (unpaired) electrons. The normalized spacial score (nSPS) is 12.4. The Morgan fingerprint density at radius 1 is 1.15 bits per heavy atom. The Morgan fingerprint density at radius 2 is 1.74 bits per heavy atom. The van der Waals surface area contributed by atoms with Crippen LogP contribution in [0.2, 0.25) is 0 Å². The first kappa shape index (κ1) is 27.9. The van der Waals surface area contributed by atoms with Crippen molar-refractivity contribution in [2.24, 2.45) is 22.3 Å². The Hall–Kier alpha value is -4.13. The molecule has 2 aromatic rings. The van der Waals surface area contributed by atoms with Crippen LogP contribution in [0.1, 0.15) is 12.8 Å². The minimum absolute atomic E-state index is 0.129. The van der Waals surface area contributed by atoms with Crippen molar-refractivity contribution < 1.29 is 37.8 Å². The number of non-ortho nitro benzene ring substituents is 1. The number of nitrogens with two attached hydrogens (primary N) is 3. The van der Waals surface area contributed by atoms with Gasteiger partial charge in [0.25, 0.3) is 15.8 Å². The number of aliphatic carboxylic acids is 1. The van der Waals surface area contributed by atoms with E-state index in [9.17, 15) is 38.5 Å². The van der Waals surface area contributed by atoms with E-state index in [0.717, 1.165) is 18.2 Å². The van der Waals surface area contributed by atoms with Gasteiger partial charge in [0.2, 0.25) is 11.7 Å². The average molecular weight is 503 g/mol. The monoisotopic (exact) mass is 503 g/mol. The molecule has 0 heterocycles. The fourth-order valence-corrected chi connectivity index (χ4v) is 2.99. The fourth-order valence-electron chi connectivity index (χ4n) is 2.49. The molecular weight excluding hydrogens is 482 g/mol. The number of fused-ring (bicyclic) bond motifs is 1. The van der Waals surface area contributed by atoms with Gasteiger partial charge < -0.3 is 21.7 Å². The van der Waals surface area contributed by atoms with Crippen LogP contribution < -0.4 is 22.7 Å². The predicted octanol–water partition coefficient (Wildman–Crippen LogP) is -0.435. The SMILES string of the molecule is NNC(N)=NCCCC(N)C(=O)O.O=[N+]([O-])c1cc([N+](=O)[O-])c2ccc(S(=O)(=O)O)cc2c1O. The van der Waals surface area contributed by atoms with E-state index < -0.39 is 59.4 Å². The van der Waals surface area contributed by atoms with Crippen LogP contribution in [0.3, 0.4) is 0 Å². The molecule has 0 aliphatic carbocycles. The third kappa shape index (κ3) is 7.48. The quantitative estimate of drug-likeness (QED) is 0.0457. The molecule has 17 nitrogen and oxygen atoms in total. The molecule has 2 rings (SSSR count). The maximum absolute atomic E-state index is 11.0. The number of carbonyl (C=O) groups is 1. The van der Waals surface area contributed by atoms with E-state index in [1.54, 1.807) is 0 Å². The van der Waals surface area contributed by atoms with Crippen molar-refractivity contribution >= 4 is 44.2 Å². The first-order valence-corrected chi connectivity index (χ1v) is 10.5. The lowest BCUT2D eigenvalue weighted by atomic mass is 10.1. The number of hydrogen-bond acceptors (Lipinski definition) is 11. The van der Waals surface area contributed by atoms with E-state index in [-0.39, 0.29) is 11.3 Å². The first-order chi connectivity index (χ1) is 15.7. The number of nitro groups is 2. The van der Waals surface area contributed by atoms with Crippen LogP contribution in [0.25, 0.3) is 10.8 Å². The Kier molecular flexibility index (Phi) is 9.56. The lowest BCUT2D eigenvalue weighted by Gasteiger charge is -2.05. The second-order valence-corrected chi connectivity index (χ2v) is 7.88. The maximum Gasteiger partial charge on any atom is 0.320 e. The van der Waals surface area contributed by atoms with E-state index in [2.05, 4.69) is 10.4 Å². The minimum Gasteiger partial charge on any atom is -0.502 e. The van der Waals surface area contributed by atoms with Gasteiger partial charge in [-0.05, 0) is 31.0 Å². The molecule has 2 aromatic carbocycles. The lowest BCUT2D eigenvalue weighted by molar-refractivity contribution is -0.393. The van der Waals surface area contributed by atoms with E-state index >= 15 is 0 Å². The van der Waals surface area contributed by atoms with Crippen molar-refractivity contribution in [3.05, 3.63) is 44.5 Å². The van der Waals surface area contributed by atoms with Gasteiger partial charge in [-0.25, -0.2) is 5.84 Å². The summed E-state index contributed by atoms with van der Waals surface area (Å²) in [5, 5.41) is 39.3. The van der Waals surface area contributed by atoms with Crippen molar-refractivity contribution in [1.82, 2.24) is 5.43 Å². The van der Waals surface area contributed by atoms with Crippen molar-refractivity contribution in [3.63, 3.8) is 0 Å². The van der Waals surface area contributed by atoms with Crippen molar-refractivity contribution in [1.29, 1.82) is 0 Å². The van der Waals surface area contributed by atoms with E-state index in [0.29, 0.717) is 25.5 Å². The number of rotatable bonds is 8. The Balaban J connectivity index is 0.000000385. The van der Waals surface area contributed by atoms with Crippen LogP contribution in [0.4, 0.5) is 11.4 Å². The number of phenolic OH excluding ortho intramolecular Hbond substituents is 1. The standard InChI is InChI=1S/C10H6N2O8S.C6H15N5O2/c13-10-7-3-5(21(18,19)20)1-2-6(7)8(11(14)15)4-9(10)12(16)17;7-4(5(12)13)2-1-3-10-6(8)11-9/h1-4,13H,(H,18,19,20);4H,1-3,7,9H2,(H,12,13)(H3,8,10,11). The molecule has 1 unspecified atom stereocenters. The molecule has 10 N–H and O–H groups in total. The number of phenols is 1. The van der Waals surface area contributed by atoms with Gasteiger partial charge in [0.05, 0.1) is 26.2 Å². The van der Waals surface area contributed by atoms with Gasteiger partial charge in [-0.3, -0.25) is 40.0 Å². The Labute approximate surface area is 190 Å². The first-order valence-electron chi connectivity index (χ1n) is 9.01. The van der Waals surface area contributed by atoms with Gasteiger partial charge >= 0.3 is 11.7 Å². The number of benzene rings is 2. The highest BCUT2D eigenvalue weighted by Gasteiger charge is 2.26. The summed E-state index contributed by atoms with van der Waals surface area (Å²) in [6.45, 7) is 0.414. The zero-order valence-corrected chi connectivity index (χ0v) is 18.0. The number of carboxylic acids is 1. The third-order valence-corrected chi connectivity index (χ3v) is 5.00. The van der Waals surface area contributed by atoms with Gasteiger partial charge in [-0.15, -0.1) is 0 Å². The zero-order valence-electron chi connectivity index (χ0n) is 17.2. The van der Waals surface area contributed by atoms with E-state index in [1.165, 1.54) is 0 Å². The van der Waals surface area contributed by atoms with Gasteiger partial charge in [-0.2, -0.15) is 8.42 Å². The highest BCUT2D eigenvalue weighted by Crippen LogP contribution is 2.40. The number of hydrogen-bond donors (Lipinski definition) is 7. The number of carboxylic acid groups (broad SMARTS) is 1. The number of aromatic hydroxyl groups is 1. The molecule has 34 heavy (non-hydrogen) atoms. The molecular formula is C16H21N7O10S. The summed E-state index contributed by atoms with van der Waals surface area (Å²) < 4.78 is 31.0. The summed E-state index contributed by atoms with van der Waals surface area (Å²) in [4.78, 5) is 33.2. The van der Waals surface area contributed by atoms with Gasteiger partial charge in [-0.1, -0.05) is 0 Å². The minimum atomic E-state index is -4.63. The summed E-state index contributed by atoms with van der Waals surface area (Å²) in [5.74, 6) is 3.14. The summed E-state index contributed by atoms with van der Waals surface area (Å²) >= 11 is 0. The molecule has 1 atom stereocenters. The molecule has 0 spiro atoms. The summed E-state index contributed by atoms with van der Waals surface area (Å²) in [7, 11) is -4.63. The summed E-state index contributed by atoms with van der Waals surface area (Å²) in [5.41, 5.74) is 11.0. The van der Waals surface area contributed by atoms with Gasteiger partial charge in [0.1, 0.15) is 6.04 Å². The number of hydrazine groups is 1. The Bertz CT molecular complexity index is 1230. The number of nitro benzene ring substituents is 2. The van der Waals surface area contributed by atoms with Crippen LogP contribution in [-0.2, 0) is 14.9 Å². The van der Waals surface area contributed by atoms with Gasteiger partial charge in [0.15, 0.2) is 0 Å². The molecule has 0 aromatic heterocycles. The van der Waals surface area contributed by atoms with Crippen LogP contribution in [0, 0.1) is 20.2 Å². The molecule has 0 saturated heterocycles. The number of guanidine groups is 1. The van der Waals surface area contributed by atoms with Crippen molar-refractivity contribution in [2.45, 2.75) is 23.8 Å². The number of nitrogens with zero attached hydrogens (tertiary/aromatic N) is 3. The molecule has 186 valence electrons. The second-order valence-electron chi connectivity index (χ2n) is 6.46. The predicted molar refractivity (Wildman–Crippen MR) is 117 cm³/mol. The topological polar surface area (TPSA) is 301 Å². The summed E-state index contributed by atoms with van der Waals surface area (Å²) in [6, 6.07) is 2.32. The van der Waals surface area contributed by atoms with Crippen LogP contribution in [0.5, 0.6) is 5.75 Å². The molecule has 0 amide bonds. The molecule has 0 aliphatic rings. The molecule has 0 bridgehead atoms. The molecule has 0 aliphatic heterocycles. The third-order valence-electron chi connectivity index (χ3n) is 4.15. The largest absolute Gasteiger partial charge is 0.502 e. The van der Waals surface area contributed by atoms with Crippen molar-refractivity contribution in [2.75, 3.05) is 6.54 Å². The highest BCUT2D eigenvalue weighted by atomic mass is 32.2. The second kappa shape index (κ2) is 11.7. The van der Waals surface area contributed by atoms with Crippen LogP contribution >= 0.6 is 0 Å². The van der Waals surface area contributed by atoms with Crippen LogP contribution in [0.15, 0.2) is 34.2 Å². The van der Waals surface area contributed by atoms with Gasteiger partial charge in [0, 0.05) is 11.9 Å². The molecule has 0 fully saturated rings. The molecule has 0 saturated carbocycles. The van der Waals surface area contributed by atoms with Crippen LogP contribution in [-0.4, -0.2) is 57.5 Å². The smallest absolute Gasteiger partial charge is 0.320 e. The maximum atomic E-state index is 11.0. The van der Waals surface area contributed by atoms with Crippen molar-refractivity contribution in [3.8, 4) is 5.75 Å². The number of nitrogens with one attached hydrogen (secondary N) is 1. The average Bonchev–Trinajstić information content (AvgIpc) is 2.75. The van der Waals surface area contributed by atoms with E-state index in [1.807, 2.05) is 0 Å². The molecule has 18 heteroatoms. The van der Waals surface area contributed by atoms with E-state index in [4.69, 9.17) is 27.0 Å². The zero-order chi connectivity index (χ0) is 26.2. The number of aliphatic imine (C=N–C) groups is 1. The highest BCUT2D eigenvalue weighted by molar-refractivity contribution is 7.85. The lowest BCUT2D eigenvalue weighted by Crippen LogP contribution is -2.37. The summed E-state index contributed by atoms with van der Waals surface area (Å²) in [6.07, 6.45) is 0.937. The fraction of sp³-hybridized carbons (Fsp3) is 0.250. The Morgan fingerprint density at radius 3 is 2.21 bits per heavy atom.